The molecule has 3 saturated heterocycles. The van der Waals surface area contributed by atoms with Gasteiger partial charge in [0.1, 0.15) is 41.1 Å². The van der Waals surface area contributed by atoms with E-state index >= 15 is 8.78 Å². The third kappa shape index (κ3) is 8.95. The van der Waals surface area contributed by atoms with Crippen LogP contribution in [0.2, 0.25) is 0 Å². The number of piperidine rings is 2. The highest BCUT2D eigenvalue weighted by molar-refractivity contribution is 5.91. The molecule has 0 bridgehead atoms. The summed E-state index contributed by atoms with van der Waals surface area (Å²) in [6, 6.07) is 18.5. The van der Waals surface area contributed by atoms with E-state index in [0.717, 1.165) is 37.8 Å². The van der Waals surface area contributed by atoms with Crippen molar-refractivity contribution in [2.75, 3.05) is 38.2 Å². The Morgan fingerprint density at radius 1 is 0.688 bits per heavy atom. The average molecular weight is 874 g/mol. The van der Waals surface area contributed by atoms with Crippen molar-refractivity contribution in [3.63, 3.8) is 0 Å². The van der Waals surface area contributed by atoms with Gasteiger partial charge in [0.05, 0.1) is 31.1 Å². The zero-order chi connectivity index (χ0) is 44.3. The van der Waals surface area contributed by atoms with Crippen LogP contribution in [0.1, 0.15) is 116 Å². The third-order valence-electron chi connectivity index (χ3n) is 13.2. The van der Waals surface area contributed by atoms with Crippen molar-refractivity contribution in [2.24, 2.45) is 5.92 Å². The number of likely N-dealkylation sites (tertiary alicyclic amines) is 2. The van der Waals surface area contributed by atoms with Crippen molar-refractivity contribution in [2.45, 2.75) is 87.9 Å². The Balaban J connectivity index is 0.849. The Labute approximate surface area is 370 Å². The second-order valence-corrected chi connectivity index (χ2v) is 17.3. The summed E-state index contributed by atoms with van der Waals surface area (Å²) in [7, 11) is 1.26. The number of H-pyrrole nitrogens is 2. The van der Waals surface area contributed by atoms with E-state index < -0.39 is 35.9 Å². The number of amides is 4. The molecular formula is C48H53F2N9O5. The predicted octanol–water partition coefficient (Wildman–Crippen LogP) is 7.54. The number of rotatable bonds is 12. The molecule has 14 nitrogen and oxygen atoms in total. The van der Waals surface area contributed by atoms with Crippen LogP contribution in [0, 0.1) is 17.6 Å². The number of hydrogen-bond donors (Lipinski definition) is 4. The monoisotopic (exact) mass is 873 g/mol. The van der Waals surface area contributed by atoms with Gasteiger partial charge in [-0.1, -0.05) is 60.7 Å². The molecule has 4 aliphatic rings. The quantitative estimate of drug-likeness (QED) is 0.0997. The highest BCUT2D eigenvalue weighted by Gasteiger charge is 2.40. The number of aromatic amines is 2. The zero-order valence-corrected chi connectivity index (χ0v) is 35.8. The SMILES string of the molecule is COC(=O)NC(C(=O)N1CCCCC1c1ncc(C2CCN(c3c(F)cc(-c4cnc(C5CCCN5C(=O)C(NC(=O)C5CC5)c5ccccc5)[nH]4)cc3F)CC2)[nH]1)c1ccccc1. The lowest BCUT2D eigenvalue weighted by molar-refractivity contribution is -0.138. The Hall–Kier alpha value is -6.58. The maximum atomic E-state index is 16.0. The number of methoxy groups -OCH3 is 1. The van der Waals surface area contributed by atoms with Gasteiger partial charge in [-0.25, -0.2) is 23.5 Å². The molecule has 3 aromatic carbocycles. The molecule has 2 aromatic heterocycles. The molecule has 64 heavy (non-hydrogen) atoms. The highest BCUT2D eigenvalue weighted by Crippen LogP contribution is 2.39. The minimum atomic E-state index is -0.924. The summed E-state index contributed by atoms with van der Waals surface area (Å²) in [6.45, 7) is 1.84. The number of alkyl carbamates (subject to hydrolysis) is 1. The number of nitrogens with one attached hydrogen (secondary N) is 4. The minimum Gasteiger partial charge on any atom is -0.453 e. The van der Waals surface area contributed by atoms with Gasteiger partial charge in [-0.2, -0.15) is 0 Å². The van der Waals surface area contributed by atoms with Crippen LogP contribution >= 0.6 is 0 Å². The number of aromatic nitrogens is 4. The summed E-state index contributed by atoms with van der Waals surface area (Å²) in [5.41, 5.74) is 2.93. The van der Waals surface area contributed by atoms with Crippen molar-refractivity contribution in [3.05, 3.63) is 125 Å². The lowest BCUT2D eigenvalue weighted by atomic mass is 9.93. The molecule has 3 aliphatic heterocycles. The molecule has 16 heteroatoms. The number of nitrogens with zero attached hydrogens (tertiary/aromatic N) is 5. The number of ether oxygens (including phenoxy) is 1. The maximum absolute atomic E-state index is 16.0. The summed E-state index contributed by atoms with van der Waals surface area (Å²) in [5, 5.41) is 5.69. The molecule has 5 heterocycles. The molecule has 4 amide bonds. The number of halogens is 2. The predicted molar refractivity (Wildman–Crippen MR) is 233 cm³/mol. The molecular weight excluding hydrogens is 821 g/mol. The fraction of sp³-hybridized carbons (Fsp3) is 0.417. The van der Waals surface area contributed by atoms with Crippen molar-refractivity contribution >= 4 is 29.5 Å². The van der Waals surface area contributed by atoms with Gasteiger partial charge in [-0.15, -0.1) is 0 Å². The lowest BCUT2D eigenvalue weighted by Crippen LogP contribution is -2.46. The van der Waals surface area contributed by atoms with Gasteiger partial charge in [0.25, 0.3) is 5.91 Å². The van der Waals surface area contributed by atoms with Crippen molar-refractivity contribution in [3.8, 4) is 11.3 Å². The Morgan fingerprint density at radius 2 is 1.25 bits per heavy atom. The van der Waals surface area contributed by atoms with E-state index in [-0.39, 0.29) is 41.3 Å². The van der Waals surface area contributed by atoms with Crippen LogP contribution in [0.4, 0.5) is 19.3 Å². The van der Waals surface area contributed by atoms with Gasteiger partial charge >= 0.3 is 6.09 Å². The summed E-state index contributed by atoms with van der Waals surface area (Å²) < 4.78 is 36.8. The highest BCUT2D eigenvalue weighted by atomic mass is 19.1. The standard InChI is InChI=1S/C48H53F2N9O5/c1-64-48(63)56-41(31-13-6-3-7-14-31)47(62)58-21-9-8-15-38(58)43-51-27-36(53-43)29-19-23-57(24-20-29)42-34(49)25-33(26-35(42)50)37-28-52-44(54-37)39-16-10-22-59(39)46(61)40(30-11-4-2-5-12-30)55-45(60)32-17-18-32/h2-7,11-14,25-29,32,38-41H,8-10,15-24H2,1H3,(H,51,53)(H,52,54)(H,55,60)(H,56,63). The first kappa shape index (κ1) is 42.7. The number of hydrogen-bond acceptors (Lipinski definition) is 8. The number of carbonyl (C=O) groups excluding carboxylic acids is 4. The van der Waals surface area contributed by atoms with Crippen LogP contribution in [0.3, 0.4) is 0 Å². The van der Waals surface area contributed by atoms with Crippen LogP contribution in [-0.4, -0.2) is 86.8 Å². The molecule has 9 rings (SSSR count). The first-order valence-electron chi connectivity index (χ1n) is 22.4. The normalized spacial score (nSPS) is 20.1. The number of anilines is 1. The first-order chi connectivity index (χ1) is 31.2. The second kappa shape index (κ2) is 18.6. The zero-order valence-electron chi connectivity index (χ0n) is 35.8. The van der Waals surface area contributed by atoms with Gasteiger partial charge in [0.2, 0.25) is 11.8 Å². The molecule has 4 atom stereocenters. The van der Waals surface area contributed by atoms with Crippen molar-refractivity contribution < 1.29 is 32.7 Å². The van der Waals surface area contributed by atoms with Gasteiger partial charge in [-0.3, -0.25) is 14.4 Å². The van der Waals surface area contributed by atoms with E-state index in [9.17, 15) is 19.2 Å². The minimum absolute atomic E-state index is 0.0596. The lowest BCUT2D eigenvalue weighted by Gasteiger charge is -2.37. The van der Waals surface area contributed by atoms with E-state index in [2.05, 4.69) is 25.6 Å². The number of benzene rings is 3. The topological polar surface area (TPSA) is 169 Å². The molecule has 4 unspecified atom stereocenters. The van der Waals surface area contributed by atoms with E-state index in [0.29, 0.717) is 85.9 Å². The largest absolute Gasteiger partial charge is 0.453 e. The Morgan fingerprint density at radius 3 is 1.86 bits per heavy atom. The van der Waals surface area contributed by atoms with Gasteiger partial charge in [0, 0.05) is 55.5 Å². The van der Waals surface area contributed by atoms with Crippen LogP contribution in [-0.2, 0) is 19.1 Å². The fourth-order valence-corrected chi connectivity index (χ4v) is 9.59. The van der Waals surface area contributed by atoms with Crippen molar-refractivity contribution in [1.82, 2.24) is 40.4 Å². The van der Waals surface area contributed by atoms with Crippen LogP contribution in [0.5, 0.6) is 0 Å². The van der Waals surface area contributed by atoms with Gasteiger partial charge in [0.15, 0.2) is 0 Å². The molecule has 1 aliphatic carbocycles. The molecule has 0 spiro atoms. The molecule has 0 radical (unpaired) electrons. The second-order valence-electron chi connectivity index (χ2n) is 17.3. The number of carbonyl (C=O) groups is 4. The molecule has 4 fully saturated rings. The average Bonchev–Trinajstić information content (AvgIpc) is 3.63. The van der Waals surface area contributed by atoms with Gasteiger partial charge < -0.3 is 40.0 Å². The van der Waals surface area contributed by atoms with E-state index in [1.165, 1.54) is 19.2 Å². The Bertz CT molecular complexity index is 2450. The van der Waals surface area contributed by atoms with Crippen LogP contribution in [0.25, 0.3) is 11.3 Å². The van der Waals surface area contributed by atoms with E-state index in [1.807, 2.05) is 48.5 Å². The van der Waals surface area contributed by atoms with Crippen LogP contribution < -0.4 is 15.5 Å². The number of imidazole rings is 2. The first-order valence-corrected chi connectivity index (χ1v) is 22.4. The van der Waals surface area contributed by atoms with Crippen molar-refractivity contribution in [1.29, 1.82) is 0 Å². The van der Waals surface area contributed by atoms with Gasteiger partial charge in [-0.05, 0) is 81.0 Å². The molecule has 5 aromatic rings. The summed E-state index contributed by atoms with van der Waals surface area (Å²) in [5.74, 6) is -0.743. The molecule has 334 valence electrons. The third-order valence-corrected chi connectivity index (χ3v) is 13.2. The summed E-state index contributed by atoms with van der Waals surface area (Å²) in [4.78, 5) is 74.7. The fourth-order valence-electron chi connectivity index (χ4n) is 9.59. The molecule has 4 N–H and O–H groups in total. The van der Waals surface area contributed by atoms with E-state index in [1.54, 1.807) is 39.2 Å². The molecule has 1 saturated carbocycles. The summed E-state index contributed by atoms with van der Waals surface area (Å²) in [6.07, 6.45) is 9.39. The summed E-state index contributed by atoms with van der Waals surface area (Å²) >= 11 is 0. The van der Waals surface area contributed by atoms with E-state index in [4.69, 9.17) is 9.72 Å². The van der Waals surface area contributed by atoms with Crippen LogP contribution in [0.15, 0.2) is 85.2 Å². The smallest absolute Gasteiger partial charge is 0.407 e. The Kier molecular flexibility index (Phi) is 12.4. The maximum Gasteiger partial charge on any atom is 0.407 e.